The van der Waals surface area contributed by atoms with Crippen LogP contribution in [0.4, 0.5) is 5.13 Å². The van der Waals surface area contributed by atoms with E-state index in [1.54, 1.807) is 11.3 Å². The van der Waals surface area contributed by atoms with Crippen LogP contribution in [0.3, 0.4) is 0 Å². The molecule has 5 rings (SSSR count). The maximum atomic E-state index is 4.78. The van der Waals surface area contributed by atoms with Crippen molar-refractivity contribution in [3.8, 4) is 0 Å². The van der Waals surface area contributed by atoms with Crippen molar-refractivity contribution in [1.29, 1.82) is 0 Å². The van der Waals surface area contributed by atoms with Gasteiger partial charge in [0.15, 0.2) is 5.65 Å². The van der Waals surface area contributed by atoms with Crippen LogP contribution < -0.4 is 4.90 Å². The average molecular weight is 337 g/mol. The van der Waals surface area contributed by atoms with E-state index < -0.39 is 0 Å². The van der Waals surface area contributed by atoms with Gasteiger partial charge in [0.2, 0.25) is 5.13 Å². The third kappa shape index (κ3) is 2.65. The predicted octanol–water partition coefficient (Wildman–Crippen LogP) is 3.74. The summed E-state index contributed by atoms with van der Waals surface area (Å²) in [6, 6.07) is 8.33. The van der Waals surface area contributed by atoms with Gasteiger partial charge in [-0.1, -0.05) is 11.3 Å². The summed E-state index contributed by atoms with van der Waals surface area (Å²) in [6.45, 7) is 2.07. The molecule has 2 aliphatic rings. The van der Waals surface area contributed by atoms with E-state index in [1.807, 2.05) is 12.3 Å². The summed E-state index contributed by atoms with van der Waals surface area (Å²) in [7, 11) is 0. The van der Waals surface area contributed by atoms with Gasteiger partial charge in [0.05, 0.1) is 0 Å². The molecule has 1 aliphatic heterocycles. The van der Waals surface area contributed by atoms with Crippen molar-refractivity contribution in [1.82, 2.24) is 20.2 Å². The molecule has 4 heterocycles. The number of fused-ring (bicyclic) bond motifs is 1. The van der Waals surface area contributed by atoms with Gasteiger partial charge in [-0.25, -0.2) is 9.97 Å². The summed E-state index contributed by atoms with van der Waals surface area (Å²) in [5.74, 6) is 1.21. The van der Waals surface area contributed by atoms with Crippen LogP contribution >= 0.6 is 11.3 Å². The van der Waals surface area contributed by atoms with E-state index in [0.717, 1.165) is 42.1 Å². The van der Waals surface area contributed by atoms with Crippen LogP contribution in [0.25, 0.3) is 11.0 Å². The Balaban J connectivity index is 1.29. The zero-order valence-corrected chi connectivity index (χ0v) is 14.2. The van der Waals surface area contributed by atoms with Gasteiger partial charge in [-0.15, -0.1) is 10.2 Å². The van der Waals surface area contributed by atoms with Crippen LogP contribution in [0, 0.1) is 0 Å². The van der Waals surface area contributed by atoms with Crippen LogP contribution in [-0.4, -0.2) is 33.3 Å². The van der Waals surface area contributed by atoms with Crippen LogP contribution in [0.5, 0.6) is 0 Å². The number of pyridine rings is 2. The molecule has 0 bridgehead atoms. The van der Waals surface area contributed by atoms with Gasteiger partial charge in [-0.05, 0) is 49.9 Å². The highest BCUT2D eigenvalue weighted by Gasteiger charge is 2.29. The molecular formula is C18H19N5S. The van der Waals surface area contributed by atoms with Crippen molar-refractivity contribution < 1.29 is 0 Å². The molecule has 1 saturated heterocycles. The average Bonchev–Trinajstić information content (AvgIpc) is 3.38. The van der Waals surface area contributed by atoms with Crippen LogP contribution in [0.15, 0.2) is 30.5 Å². The number of rotatable bonds is 3. The van der Waals surface area contributed by atoms with Gasteiger partial charge in [0.25, 0.3) is 0 Å². The van der Waals surface area contributed by atoms with Gasteiger partial charge < -0.3 is 4.90 Å². The monoisotopic (exact) mass is 337 g/mol. The normalized spacial score (nSPS) is 19.1. The second-order valence-electron chi connectivity index (χ2n) is 6.74. The molecule has 1 aliphatic carbocycles. The first-order chi connectivity index (χ1) is 11.9. The van der Waals surface area contributed by atoms with E-state index in [1.165, 1.54) is 23.5 Å². The maximum Gasteiger partial charge on any atom is 0.208 e. The first kappa shape index (κ1) is 14.3. The summed E-state index contributed by atoms with van der Waals surface area (Å²) >= 11 is 1.79. The zero-order valence-electron chi connectivity index (χ0n) is 13.4. The van der Waals surface area contributed by atoms with Crippen molar-refractivity contribution in [2.75, 3.05) is 18.0 Å². The van der Waals surface area contributed by atoms with Crippen molar-refractivity contribution in [2.24, 2.45) is 0 Å². The largest absolute Gasteiger partial charge is 0.347 e. The molecule has 0 N–H and O–H groups in total. The molecule has 0 aromatic carbocycles. The summed E-state index contributed by atoms with van der Waals surface area (Å²) in [5.41, 5.74) is 2.03. The van der Waals surface area contributed by atoms with Gasteiger partial charge in [0.1, 0.15) is 5.01 Å². The lowest BCUT2D eigenvalue weighted by Crippen LogP contribution is -2.33. The molecular weight excluding hydrogens is 318 g/mol. The quantitative estimate of drug-likeness (QED) is 0.729. The Hall–Kier alpha value is -2.08. The molecule has 24 heavy (non-hydrogen) atoms. The standard InChI is InChI=1S/C18H19N5S/c1-2-13-5-6-15(20-16(13)19-9-1)12-7-10-23(11-8-12)18-22-21-17(24-18)14-3-4-14/h1-2,5-6,9,12,14H,3-4,7-8,10-11H2. The fourth-order valence-electron chi connectivity index (χ4n) is 3.41. The number of nitrogens with zero attached hydrogens (tertiary/aromatic N) is 5. The Morgan fingerprint density at radius 1 is 0.958 bits per heavy atom. The van der Waals surface area contributed by atoms with Gasteiger partial charge in [0, 0.05) is 42.2 Å². The number of hydrogen-bond donors (Lipinski definition) is 0. The third-order valence-electron chi connectivity index (χ3n) is 5.03. The lowest BCUT2D eigenvalue weighted by Gasteiger charge is -2.31. The van der Waals surface area contributed by atoms with Crippen molar-refractivity contribution in [3.63, 3.8) is 0 Å². The first-order valence-corrected chi connectivity index (χ1v) is 9.48. The van der Waals surface area contributed by atoms with Crippen molar-refractivity contribution in [3.05, 3.63) is 41.2 Å². The van der Waals surface area contributed by atoms with Gasteiger partial charge in [-0.3, -0.25) is 0 Å². The van der Waals surface area contributed by atoms with Crippen LogP contribution in [0.2, 0.25) is 0 Å². The molecule has 0 spiro atoms. The van der Waals surface area contributed by atoms with E-state index in [9.17, 15) is 0 Å². The van der Waals surface area contributed by atoms with Crippen LogP contribution in [0.1, 0.15) is 48.2 Å². The summed E-state index contributed by atoms with van der Waals surface area (Å²) in [4.78, 5) is 11.6. The molecule has 0 radical (unpaired) electrons. The number of piperidine rings is 1. The lowest BCUT2D eigenvalue weighted by molar-refractivity contribution is 0.496. The Kier molecular flexibility index (Phi) is 3.43. The molecule has 2 fully saturated rings. The van der Waals surface area contributed by atoms with Crippen LogP contribution in [-0.2, 0) is 0 Å². The second kappa shape index (κ2) is 5.77. The minimum Gasteiger partial charge on any atom is -0.347 e. The second-order valence-corrected chi connectivity index (χ2v) is 7.73. The summed E-state index contributed by atoms with van der Waals surface area (Å²) in [6.07, 6.45) is 6.62. The Morgan fingerprint density at radius 2 is 1.83 bits per heavy atom. The molecule has 122 valence electrons. The van der Waals surface area contributed by atoms with E-state index in [-0.39, 0.29) is 0 Å². The minimum absolute atomic E-state index is 0.517. The predicted molar refractivity (Wildman–Crippen MR) is 95.6 cm³/mol. The SMILES string of the molecule is c1cnc2nc(C3CCN(c4nnc(C5CC5)s4)CC3)ccc2c1. The van der Waals surface area contributed by atoms with E-state index >= 15 is 0 Å². The molecule has 0 amide bonds. The Labute approximate surface area is 144 Å². The smallest absolute Gasteiger partial charge is 0.208 e. The molecule has 3 aromatic heterocycles. The molecule has 3 aromatic rings. The highest BCUT2D eigenvalue weighted by molar-refractivity contribution is 7.15. The van der Waals surface area contributed by atoms with Gasteiger partial charge in [-0.2, -0.15) is 0 Å². The van der Waals surface area contributed by atoms with E-state index in [0.29, 0.717) is 11.8 Å². The molecule has 0 atom stereocenters. The molecule has 6 heteroatoms. The summed E-state index contributed by atoms with van der Waals surface area (Å²) in [5, 5.41) is 12.2. The van der Waals surface area contributed by atoms with E-state index in [2.05, 4.69) is 38.3 Å². The zero-order chi connectivity index (χ0) is 15.9. The van der Waals surface area contributed by atoms with Crippen molar-refractivity contribution in [2.45, 2.75) is 37.5 Å². The van der Waals surface area contributed by atoms with Gasteiger partial charge >= 0.3 is 0 Å². The highest BCUT2D eigenvalue weighted by atomic mass is 32.1. The fourth-order valence-corrected chi connectivity index (χ4v) is 4.48. The molecule has 1 saturated carbocycles. The summed E-state index contributed by atoms with van der Waals surface area (Å²) < 4.78 is 0. The Bertz CT molecular complexity index is 864. The highest BCUT2D eigenvalue weighted by Crippen LogP contribution is 2.43. The topological polar surface area (TPSA) is 54.8 Å². The molecule has 5 nitrogen and oxygen atoms in total. The fraction of sp³-hybridized carbons (Fsp3) is 0.444. The Morgan fingerprint density at radius 3 is 2.67 bits per heavy atom. The third-order valence-corrected chi connectivity index (χ3v) is 6.17. The van der Waals surface area contributed by atoms with E-state index in [4.69, 9.17) is 4.98 Å². The first-order valence-electron chi connectivity index (χ1n) is 8.67. The lowest BCUT2D eigenvalue weighted by atomic mass is 9.93. The molecule has 0 unspecified atom stereocenters. The van der Waals surface area contributed by atoms with Crippen molar-refractivity contribution >= 4 is 27.5 Å². The maximum absolute atomic E-state index is 4.78. The minimum atomic E-state index is 0.517. The number of anilines is 1. The number of aromatic nitrogens is 4. The number of hydrogen-bond acceptors (Lipinski definition) is 6.